The molecule has 2 N–H and O–H groups in total. The number of hydrogen-bond acceptors (Lipinski definition) is 5. The summed E-state index contributed by atoms with van der Waals surface area (Å²) in [6.45, 7) is 1.92. The highest BCUT2D eigenvalue weighted by atomic mass is 16.1. The number of anilines is 3. The second-order valence-electron chi connectivity index (χ2n) is 5.38. The van der Waals surface area contributed by atoms with Gasteiger partial charge in [-0.3, -0.25) is 4.79 Å². The number of para-hydroxylation sites is 1. The molecule has 0 aliphatic carbocycles. The van der Waals surface area contributed by atoms with Crippen LogP contribution in [0, 0.1) is 18.3 Å². The average Bonchev–Trinajstić information content (AvgIpc) is 2.64. The first kappa shape index (κ1) is 16.1. The Kier molecular flexibility index (Phi) is 4.67. The quantitative estimate of drug-likeness (QED) is 0.762. The Bertz CT molecular complexity index is 962. The van der Waals surface area contributed by atoms with Gasteiger partial charge in [0.1, 0.15) is 17.8 Å². The number of aryl methyl sites for hydroxylation is 1. The number of rotatable bonds is 4. The van der Waals surface area contributed by atoms with Crippen LogP contribution in [0.2, 0.25) is 0 Å². The molecule has 3 rings (SSSR count). The summed E-state index contributed by atoms with van der Waals surface area (Å²) in [6, 6.07) is 18.2. The molecule has 0 radical (unpaired) electrons. The van der Waals surface area contributed by atoms with E-state index >= 15 is 0 Å². The lowest BCUT2D eigenvalue weighted by Crippen LogP contribution is -2.15. The van der Waals surface area contributed by atoms with Gasteiger partial charge in [-0.15, -0.1) is 0 Å². The summed E-state index contributed by atoms with van der Waals surface area (Å²) in [6.07, 6.45) is 1.32. The van der Waals surface area contributed by atoms with Crippen molar-refractivity contribution in [2.24, 2.45) is 0 Å². The molecule has 0 aliphatic rings. The van der Waals surface area contributed by atoms with E-state index in [4.69, 9.17) is 5.26 Å². The highest BCUT2D eigenvalue weighted by molar-refractivity contribution is 6.03. The van der Waals surface area contributed by atoms with E-state index in [2.05, 4.69) is 26.7 Å². The van der Waals surface area contributed by atoms with Crippen LogP contribution in [-0.4, -0.2) is 15.9 Å². The van der Waals surface area contributed by atoms with Crippen molar-refractivity contribution in [1.29, 1.82) is 5.26 Å². The molecule has 0 aliphatic heterocycles. The number of nitriles is 1. The molecule has 2 aromatic carbocycles. The number of carbonyl (C=O) groups excluding carboxylic acids is 1. The first-order valence-electron chi connectivity index (χ1n) is 7.62. The third-order valence-corrected chi connectivity index (χ3v) is 3.56. The van der Waals surface area contributed by atoms with Gasteiger partial charge >= 0.3 is 0 Å². The van der Waals surface area contributed by atoms with Gasteiger partial charge in [0.15, 0.2) is 0 Å². The molecule has 122 valence electrons. The fourth-order valence-corrected chi connectivity index (χ4v) is 2.26. The minimum atomic E-state index is -0.314. The predicted octanol–water partition coefficient (Wildman–Crippen LogP) is 3.65. The van der Waals surface area contributed by atoms with E-state index in [1.807, 2.05) is 37.3 Å². The Morgan fingerprint density at radius 3 is 2.72 bits per heavy atom. The second-order valence-corrected chi connectivity index (χ2v) is 5.38. The maximum atomic E-state index is 12.4. The largest absolute Gasteiger partial charge is 0.340 e. The SMILES string of the molecule is Cc1ccccc1NC(=O)c1cc(Nc2cccc(C#N)c2)ncn1. The molecule has 6 heteroatoms. The zero-order chi connectivity index (χ0) is 17.6. The minimum Gasteiger partial charge on any atom is -0.340 e. The van der Waals surface area contributed by atoms with E-state index in [1.54, 1.807) is 24.3 Å². The Morgan fingerprint density at radius 1 is 1.08 bits per heavy atom. The van der Waals surface area contributed by atoms with Crippen LogP contribution in [0.5, 0.6) is 0 Å². The standard InChI is InChI=1S/C19H15N5O/c1-13-5-2-3-8-16(13)24-19(25)17-10-18(22-12-21-17)23-15-7-4-6-14(9-15)11-20/h2-10,12H,1H3,(H,24,25)(H,21,22,23). The molecule has 0 unspecified atom stereocenters. The van der Waals surface area contributed by atoms with Crippen LogP contribution in [0.1, 0.15) is 21.6 Å². The summed E-state index contributed by atoms with van der Waals surface area (Å²) >= 11 is 0. The number of nitrogens with zero attached hydrogens (tertiary/aromatic N) is 3. The summed E-state index contributed by atoms with van der Waals surface area (Å²) in [5.41, 5.74) is 3.20. The minimum absolute atomic E-state index is 0.247. The molecular formula is C19H15N5O. The number of hydrogen-bond donors (Lipinski definition) is 2. The lowest BCUT2D eigenvalue weighted by atomic mass is 10.2. The van der Waals surface area contributed by atoms with Gasteiger partial charge in [0, 0.05) is 17.4 Å². The van der Waals surface area contributed by atoms with Gasteiger partial charge in [-0.1, -0.05) is 24.3 Å². The molecule has 0 fully saturated rings. The predicted molar refractivity (Wildman–Crippen MR) is 95.6 cm³/mol. The van der Waals surface area contributed by atoms with Crippen molar-refractivity contribution in [3.63, 3.8) is 0 Å². The summed E-state index contributed by atoms with van der Waals surface area (Å²) in [5.74, 6) is 0.158. The third-order valence-electron chi connectivity index (χ3n) is 3.56. The smallest absolute Gasteiger partial charge is 0.274 e. The fraction of sp³-hybridized carbons (Fsp3) is 0.0526. The van der Waals surface area contributed by atoms with Gasteiger partial charge < -0.3 is 10.6 Å². The highest BCUT2D eigenvalue weighted by Gasteiger charge is 2.10. The van der Waals surface area contributed by atoms with Crippen molar-refractivity contribution in [1.82, 2.24) is 9.97 Å². The van der Waals surface area contributed by atoms with Gasteiger partial charge in [0.25, 0.3) is 5.91 Å². The van der Waals surface area contributed by atoms with E-state index < -0.39 is 0 Å². The first-order chi connectivity index (χ1) is 12.2. The molecule has 0 saturated heterocycles. The monoisotopic (exact) mass is 329 g/mol. The van der Waals surface area contributed by atoms with E-state index in [0.717, 1.165) is 11.3 Å². The van der Waals surface area contributed by atoms with Crippen molar-refractivity contribution >= 4 is 23.1 Å². The number of amides is 1. The summed E-state index contributed by atoms with van der Waals surface area (Å²) in [7, 11) is 0. The highest BCUT2D eigenvalue weighted by Crippen LogP contribution is 2.17. The van der Waals surface area contributed by atoms with E-state index in [-0.39, 0.29) is 11.6 Å². The summed E-state index contributed by atoms with van der Waals surface area (Å²) < 4.78 is 0. The van der Waals surface area contributed by atoms with Gasteiger partial charge in [-0.05, 0) is 36.8 Å². The number of benzene rings is 2. The molecule has 1 heterocycles. The molecule has 0 saturated carbocycles. The molecular weight excluding hydrogens is 314 g/mol. The maximum absolute atomic E-state index is 12.4. The molecule has 3 aromatic rings. The fourth-order valence-electron chi connectivity index (χ4n) is 2.26. The van der Waals surface area contributed by atoms with Crippen LogP contribution >= 0.6 is 0 Å². The molecule has 1 amide bonds. The molecule has 6 nitrogen and oxygen atoms in total. The van der Waals surface area contributed by atoms with Crippen LogP contribution in [0.3, 0.4) is 0 Å². The van der Waals surface area contributed by atoms with Crippen LogP contribution in [0.15, 0.2) is 60.9 Å². The van der Waals surface area contributed by atoms with Crippen LogP contribution in [-0.2, 0) is 0 Å². The Labute approximate surface area is 145 Å². The Hall–Kier alpha value is -3.72. The van der Waals surface area contributed by atoms with Gasteiger partial charge in [-0.25, -0.2) is 9.97 Å². The maximum Gasteiger partial charge on any atom is 0.274 e. The normalized spacial score (nSPS) is 9.92. The van der Waals surface area contributed by atoms with Crippen molar-refractivity contribution in [3.8, 4) is 6.07 Å². The average molecular weight is 329 g/mol. The molecule has 0 spiro atoms. The van der Waals surface area contributed by atoms with Crippen molar-refractivity contribution in [2.45, 2.75) is 6.92 Å². The number of nitrogens with one attached hydrogen (secondary N) is 2. The summed E-state index contributed by atoms with van der Waals surface area (Å²) in [4.78, 5) is 20.5. The van der Waals surface area contributed by atoms with Gasteiger partial charge in [0.05, 0.1) is 11.6 Å². The van der Waals surface area contributed by atoms with Crippen LogP contribution in [0.4, 0.5) is 17.2 Å². The third kappa shape index (κ3) is 3.98. The zero-order valence-corrected chi connectivity index (χ0v) is 13.5. The lowest BCUT2D eigenvalue weighted by molar-refractivity contribution is 0.102. The molecule has 1 aromatic heterocycles. The van der Waals surface area contributed by atoms with E-state index in [0.29, 0.717) is 17.1 Å². The van der Waals surface area contributed by atoms with Gasteiger partial charge in [0.2, 0.25) is 0 Å². The lowest BCUT2D eigenvalue weighted by Gasteiger charge is -2.09. The van der Waals surface area contributed by atoms with Crippen molar-refractivity contribution < 1.29 is 4.79 Å². The first-order valence-corrected chi connectivity index (χ1v) is 7.62. The van der Waals surface area contributed by atoms with Crippen molar-refractivity contribution in [3.05, 3.63) is 77.7 Å². The number of carbonyl (C=O) groups is 1. The van der Waals surface area contributed by atoms with Gasteiger partial charge in [-0.2, -0.15) is 5.26 Å². The summed E-state index contributed by atoms with van der Waals surface area (Å²) in [5, 5.41) is 14.9. The molecule has 25 heavy (non-hydrogen) atoms. The molecule has 0 atom stereocenters. The second kappa shape index (κ2) is 7.23. The van der Waals surface area contributed by atoms with E-state index in [9.17, 15) is 4.79 Å². The number of aromatic nitrogens is 2. The molecule has 0 bridgehead atoms. The topological polar surface area (TPSA) is 90.7 Å². The zero-order valence-electron chi connectivity index (χ0n) is 13.5. The van der Waals surface area contributed by atoms with Crippen LogP contribution in [0.25, 0.3) is 0 Å². The Morgan fingerprint density at radius 2 is 1.92 bits per heavy atom. The Balaban J connectivity index is 1.78. The van der Waals surface area contributed by atoms with Crippen molar-refractivity contribution in [2.75, 3.05) is 10.6 Å². The van der Waals surface area contributed by atoms with E-state index in [1.165, 1.54) is 6.33 Å². The van der Waals surface area contributed by atoms with Crippen LogP contribution < -0.4 is 10.6 Å².